The molecular weight excluding hydrogens is 584 g/mol. The summed E-state index contributed by atoms with van der Waals surface area (Å²) in [4.78, 5) is 30.8. The molecule has 7 N–H and O–H groups in total. The average molecular weight is 612 g/mol. The molecule has 0 amide bonds. The number of thiol groups is 1. The largest absolute Gasteiger partial charge is 0.394 e. The fourth-order valence-electron chi connectivity index (χ4n) is 5.26. The molecule has 0 bridgehead atoms. The quantitative estimate of drug-likeness (QED) is 0.124. The first kappa shape index (κ1) is 28.0. The van der Waals surface area contributed by atoms with Crippen LogP contribution in [0.5, 0.6) is 0 Å². The molecule has 2 aliphatic rings. The maximum atomic E-state index is 15.6. The number of hydrogen-bond donors (Lipinski definition) is 6. The summed E-state index contributed by atoms with van der Waals surface area (Å²) in [7, 11) is 0. The summed E-state index contributed by atoms with van der Waals surface area (Å²) in [6, 6.07) is 1.73. The topological polar surface area (TPSA) is 232 Å². The van der Waals surface area contributed by atoms with Crippen LogP contribution in [0.4, 0.5) is 16.2 Å². The normalized spacial score (nSPS) is 31.7. The lowest BCUT2D eigenvalue weighted by Gasteiger charge is -2.31. The minimum atomic E-state index is -4.24. The van der Waals surface area contributed by atoms with Gasteiger partial charge in [0.2, 0.25) is 5.95 Å². The van der Waals surface area contributed by atoms with Crippen LogP contribution in [0.25, 0.3) is 22.2 Å². The standard InChI is InChI=1S/C22H27FN9O7PS/c1-22(11(34)4-12(39-22)31-3-2-9-16(24)26-7-27-17(9)31)6-37-40(36,41)15-13(23)10(5-33)38-20(15)32-8-28-14-18(32)29-21(25)30-19(14)35/h2-3,7-8,10-13,15,20,33-34H,4-6H2,1H3,(H,36,41)(H2,24,26,27)(H3,25,29,30,35)/t10-,11+,12-,13+,15-,20-,22-,40?/m1/s1. The number of hydrogen-bond acceptors (Lipinski definition) is 13. The van der Waals surface area contributed by atoms with Crippen molar-refractivity contribution in [2.45, 2.75) is 55.4 Å². The summed E-state index contributed by atoms with van der Waals surface area (Å²) < 4.78 is 50.0. The highest BCUT2D eigenvalue weighted by Gasteiger charge is 2.56. The Morgan fingerprint density at radius 1 is 1.32 bits per heavy atom. The van der Waals surface area contributed by atoms with Crippen molar-refractivity contribution in [3.63, 3.8) is 0 Å². The Morgan fingerprint density at radius 2 is 2.10 bits per heavy atom. The minimum Gasteiger partial charge on any atom is -0.394 e. The Kier molecular flexibility index (Phi) is 6.84. The molecule has 2 saturated heterocycles. The van der Waals surface area contributed by atoms with Crippen molar-refractivity contribution in [3.8, 4) is 0 Å². The van der Waals surface area contributed by atoms with Crippen molar-refractivity contribution in [1.29, 1.82) is 0 Å². The van der Waals surface area contributed by atoms with Gasteiger partial charge in [-0.15, -0.1) is 0 Å². The second kappa shape index (κ2) is 10.0. The molecule has 1 unspecified atom stereocenters. The second-order valence-electron chi connectivity index (χ2n) is 10.2. The van der Waals surface area contributed by atoms with Gasteiger partial charge in [0.1, 0.15) is 47.6 Å². The van der Waals surface area contributed by atoms with Gasteiger partial charge in [-0.2, -0.15) is 4.98 Å². The molecule has 16 nitrogen and oxygen atoms in total. The van der Waals surface area contributed by atoms with E-state index in [4.69, 9.17) is 25.5 Å². The van der Waals surface area contributed by atoms with E-state index in [2.05, 4.69) is 37.2 Å². The summed E-state index contributed by atoms with van der Waals surface area (Å²) in [5.74, 6) is 0.0666. The number of aromatic amines is 1. The van der Waals surface area contributed by atoms with E-state index in [1.165, 1.54) is 10.9 Å². The van der Waals surface area contributed by atoms with E-state index in [0.29, 0.717) is 11.0 Å². The fraction of sp³-hybridized carbons (Fsp3) is 0.500. The number of aliphatic hydroxyl groups is 2. The number of alkyl halides is 1. The van der Waals surface area contributed by atoms with E-state index in [1.54, 1.807) is 23.8 Å². The average Bonchev–Trinajstić information content (AvgIpc) is 3.67. The molecule has 0 saturated carbocycles. The van der Waals surface area contributed by atoms with E-state index >= 15 is 4.39 Å². The van der Waals surface area contributed by atoms with Crippen LogP contribution in [0.15, 0.2) is 29.7 Å². The molecule has 2 aliphatic heterocycles. The number of H-pyrrole nitrogens is 1. The van der Waals surface area contributed by atoms with Crippen LogP contribution in [0.3, 0.4) is 0 Å². The molecule has 0 spiro atoms. The fourth-order valence-corrected chi connectivity index (χ4v) is 7.86. The zero-order valence-electron chi connectivity index (χ0n) is 21.4. The monoisotopic (exact) mass is 611 g/mol. The molecular formula is C22H27FN9O7PS. The van der Waals surface area contributed by atoms with Crippen LogP contribution >= 0.6 is 18.8 Å². The summed E-state index contributed by atoms with van der Waals surface area (Å²) >= 11 is 4.24. The Bertz CT molecular complexity index is 1730. The number of rotatable bonds is 7. The smallest absolute Gasteiger partial charge is 0.280 e. The van der Waals surface area contributed by atoms with Crippen LogP contribution in [0.2, 0.25) is 0 Å². The van der Waals surface area contributed by atoms with Gasteiger partial charge in [-0.25, -0.2) is 19.3 Å². The van der Waals surface area contributed by atoms with Gasteiger partial charge in [0.05, 0.1) is 31.0 Å². The van der Waals surface area contributed by atoms with Crippen molar-refractivity contribution in [2.75, 3.05) is 24.7 Å². The van der Waals surface area contributed by atoms with Crippen molar-refractivity contribution in [1.82, 2.24) is 34.1 Å². The first-order valence-corrected chi connectivity index (χ1v) is 15.3. The molecule has 4 aromatic rings. The third-order valence-electron chi connectivity index (χ3n) is 7.49. The lowest BCUT2D eigenvalue weighted by Crippen LogP contribution is -2.41. The molecule has 8 atom stereocenters. The predicted molar refractivity (Wildman–Crippen MR) is 146 cm³/mol. The van der Waals surface area contributed by atoms with E-state index < -0.39 is 67.4 Å². The Morgan fingerprint density at radius 3 is 2.85 bits per heavy atom. The highest BCUT2D eigenvalue weighted by molar-refractivity contribution is 8.46. The zero-order chi connectivity index (χ0) is 29.3. The van der Waals surface area contributed by atoms with Crippen LogP contribution < -0.4 is 17.0 Å². The van der Waals surface area contributed by atoms with Crippen LogP contribution in [0.1, 0.15) is 25.8 Å². The summed E-state index contributed by atoms with van der Waals surface area (Å²) in [5.41, 5.74) is 8.37. The minimum absolute atomic E-state index is 0.0480. The number of nitrogen functional groups attached to an aromatic ring is 2. The van der Waals surface area contributed by atoms with Crippen molar-refractivity contribution in [3.05, 3.63) is 35.3 Å². The van der Waals surface area contributed by atoms with Gasteiger partial charge in [-0.3, -0.25) is 18.9 Å². The zero-order valence-corrected chi connectivity index (χ0v) is 23.2. The van der Waals surface area contributed by atoms with Crippen LogP contribution in [-0.2, 0) is 18.6 Å². The van der Waals surface area contributed by atoms with Crippen molar-refractivity contribution in [2.24, 2.45) is 0 Å². The summed E-state index contributed by atoms with van der Waals surface area (Å²) in [6.07, 6.45) is -2.17. The Labute approximate surface area is 235 Å². The molecule has 2 fully saturated rings. The number of aromatic nitrogens is 7. The molecule has 0 radical (unpaired) electrons. The molecule has 0 aliphatic carbocycles. The number of aliphatic hydroxyl groups excluding tert-OH is 2. The third kappa shape index (κ3) is 4.59. The van der Waals surface area contributed by atoms with Gasteiger partial charge in [-0.05, 0) is 13.0 Å². The SMILES string of the molecule is C[C@]1(COP(=O)(S)[C@@H]2[C@@H](F)[C@@H](CO)O[C@H]2n2cnc3c(=O)[nH]c(N)nc32)O[C@@H](n2ccc3c(N)ncnc32)C[C@@H]1O. The lowest BCUT2D eigenvalue weighted by molar-refractivity contribution is -0.109. The molecule has 6 heterocycles. The molecule has 0 aromatic carbocycles. The molecule has 6 rings (SSSR count). The Hall–Kier alpha value is -3.12. The number of nitrogens with zero attached hydrogens (tertiary/aromatic N) is 6. The number of anilines is 2. The lowest BCUT2D eigenvalue weighted by atomic mass is 10.0. The maximum Gasteiger partial charge on any atom is 0.280 e. The van der Waals surface area contributed by atoms with E-state index in [9.17, 15) is 19.6 Å². The van der Waals surface area contributed by atoms with E-state index in [0.717, 1.165) is 6.33 Å². The van der Waals surface area contributed by atoms with E-state index in [-0.39, 0.29) is 29.4 Å². The number of imidazole rings is 1. The first-order valence-electron chi connectivity index (χ1n) is 12.5. The highest BCUT2D eigenvalue weighted by Crippen LogP contribution is 2.64. The summed E-state index contributed by atoms with van der Waals surface area (Å²) in [5, 5.41) is 21.3. The van der Waals surface area contributed by atoms with Gasteiger partial charge in [0.25, 0.3) is 12.1 Å². The second-order valence-corrected chi connectivity index (χ2v) is 13.8. The summed E-state index contributed by atoms with van der Waals surface area (Å²) in [6.45, 7) is -3.84. The van der Waals surface area contributed by atoms with Gasteiger partial charge in [0.15, 0.2) is 17.4 Å². The number of nitrogens with one attached hydrogen (secondary N) is 1. The van der Waals surface area contributed by atoms with Gasteiger partial charge < -0.3 is 40.2 Å². The van der Waals surface area contributed by atoms with E-state index in [1.807, 2.05) is 0 Å². The molecule has 4 aromatic heterocycles. The highest BCUT2D eigenvalue weighted by atomic mass is 32.7. The van der Waals surface area contributed by atoms with Gasteiger partial charge >= 0.3 is 0 Å². The van der Waals surface area contributed by atoms with Crippen molar-refractivity contribution < 1.29 is 33.2 Å². The molecule has 41 heavy (non-hydrogen) atoms. The van der Waals surface area contributed by atoms with Gasteiger partial charge in [-0.1, -0.05) is 12.2 Å². The number of fused-ring (bicyclic) bond motifs is 2. The maximum absolute atomic E-state index is 15.6. The third-order valence-corrected chi connectivity index (χ3v) is 10.4. The first-order chi connectivity index (χ1) is 19.4. The molecule has 19 heteroatoms. The van der Waals surface area contributed by atoms with Crippen molar-refractivity contribution >= 4 is 52.8 Å². The number of halogens is 1. The van der Waals surface area contributed by atoms with Crippen LogP contribution in [0, 0.1) is 0 Å². The van der Waals surface area contributed by atoms with Gasteiger partial charge in [0, 0.05) is 12.6 Å². The predicted octanol–water partition coefficient (Wildman–Crippen LogP) is 0.503. The Balaban J connectivity index is 1.26. The molecule has 220 valence electrons. The number of ether oxygens (including phenoxy) is 2. The number of nitrogens with two attached hydrogens (primary N) is 2. The van der Waals surface area contributed by atoms with Crippen LogP contribution in [-0.4, -0.2) is 87.1 Å².